The Morgan fingerprint density at radius 2 is 2.43 bits per heavy atom. The highest BCUT2D eigenvalue weighted by molar-refractivity contribution is 9.10. The summed E-state index contributed by atoms with van der Waals surface area (Å²) in [5.41, 5.74) is -0.785. The van der Waals surface area contributed by atoms with Crippen LogP contribution in [0.25, 0.3) is 0 Å². The third kappa shape index (κ3) is 2.83. The summed E-state index contributed by atoms with van der Waals surface area (Å²) in [6.07, 6.45) is -1.28. The van der Waals surface area contributed by atoms with Gasteiger partial charge >= 0.3 is 6.09 Å². The van der Waals surface area contributed by atoms with Crippen molar-refractivity contribution in [1.82, 2.24) is 9.55 Å². The van der Waals surface area contributed by atoms with Gasteiger partial charge in [0.25, 0.3) is 0 Å². The molecule has 0 amide bonds. The molecule has 1 aromatic heterocycles. The van der Waals surface area contributed by atoms with Crippen LogP contribution in [0.1, 0.15) is 32.1 Å². The minimum Gasteiger partial charge on any atom is -0.443 e. The summed E-state index contributed by atoms with van der Waals surface area (Å²) in [5.74, 6) is -0.492. The van der Waals surface area contributed by atoms with E-state index in [1.54, 1.807) is 20.8 Å². The summed E-state index contributed by atoms with van der Waals surface area (Å²) in [6.45, 7) is 2.35. The molecule has 0 atom stereocenters. The van der Waals surface area contributed by atoms with E-state index in [2.05, 4.69) is 20.9 Å². The predicted octanol–water partition coefficient (Wildman–Crippen LogP) is 2.74. The molecule has 5 heteroatoms. The fraction of sp³-hybridized carbons (Fsp3) is 0.556. The van der Waals surface area contributed by atoms with Gasteiger partial charge in [-0.15, -0.1) is 0 Å². The number of aromatic nitrogens is 2. The molecule has 78 valence electrons. The first-order valence-electron chi connectivity index (χ1n) is 5.92. The van der Waals surface area contributed by atoms with E-state index in [1.165, 1.54) is 0 Å². The van der Waals surface area contributed by atoms with Gasteiger partial charge in [-0.25, -0.2) is 14.3 Å². The van der Waals surface area contributed by atoms with Crippen molar-refractivity contribution >= 4 is 22.0 Å². The van der Waals surface area contributed by atoms with Crippen LogP contribution < -0.4 is 0 Å². The Balaban J connectivity index is 3.27. The Morgan fingerprint density at radius 1 is 1.79 bits per heavy atom. The molecule has 0 aliphatic rings. The SMILES string of the molecule is [2H]c1c(Br)nc(C([2H])([2H])[2H])n1C(=O)OC(C)(C)C. The standard InChI is InChI=1S/C9H13BrN2O2/c1-6-11-7(10)5-12(6)8(13)14-9(2,3)4/h5H,1-4H3/i1D3,5D. The number of hydrogen-bond donors (Lipinski definition) is 0. The van der Waals surface area contributed by atoms with Crippen molar-refractivity contribution in [3.63, 3.8) is 0 Å². The van der Waals surface area contributed by atoms with E-state index in [1.807, 2.05) is 0 Å². The zero-order chi connectivity index (χ0) is 14.3. The fourth-order valence-corrected chi connectivity index (χ4v) is 1.10. The van der Waals surface area contributed by atoms with Gasteiger partial charge in [-0.05, 0) is 43.6 Å². The number of ether oxygens (including phenoxy) is 1. The Hall–Kier alpha value is -0.840. The average Bonchev–Trinajstić information content (AvgIpc) is 2.39. The van der Waals surface area contributed by atoms with Crippen LogP contribution in [-0.2, 0) is 4.74 Å². The van der Waals surface area contributed by atoms with E-state index < -0.39 is 24.4 Å². The highest BCUT2D eigenvalue weighted by Gasteiger charge is 2.19. The van der Waals surface area contributed by atoms with Crippen molar-refractivity contribution in [3.05, 3.63) is 16.6 Å². The van der Waals surface area contributed by atoms with E-state index in [-0.39, 0.29) is 10.8 Å². The lowest BCUT2D eigenvalue weighted by Gasteiger charge is -2.19. The van der Waals surface area contributed by atoms with Crippen molar-refractivity contribution in [2.24, 2.45) is 0 Å². The third-order valence-corrected chi connectivity index (χ3v) is 1.55. The van der Waals surface area contributed by atoms with Gasteiger partial charge in [0.15, 0.2) is 0 Å². The number of aryl methyl sites for hydroxylation is 1. The van der Waals surface area contributed by atoms with Gasteiger partial charge in [-0.3, -0.25) is 0 Å². The molecule has 4 nitrogen and oxygen atoms in total. The number of imidazole rings is 1. The molecule has 0 unspecified atom stereocenters. The first kappa shape index (κ1) is 6.61. The number of carbonyl (C=O) groups excluding carboxylic acids is 1. The molecule has 0 N–H and O–H groups in total. The largest absolute Gasteiger partial charge is 0.443 e. The maximum Gasteiger partial charge on any atom is 0.420 e. The van der Waals surface area contributed by atoms with Crippen molar-refractivity contribution in [2.75, 3.05) is 0 Å². The van der Waals surface area contributed by atoms with Crippen molar-refractivity contribution in [1.29, 1.82) is 0 Å². The van der Waals surface area contributed by atoms with Crippen LogP contribution in [0.4, 0.5) is 4.79 Å². The van der Waals surface area contributed by atoms with E-state index in [9.17, 15) is 4.79 Å². The summed E-state index contributed by atoms with van der Waals surface area (Å²) in [5, 5.41) is 0. The molecule has 0 saturated carbocycles. The van der Waals surface area contributed by atoms with E-state index >= 15 is 0 Å². The first-order valence-corrected chi connectivity index (χ1v) is 4.71. The minimum atomic E-state index is -2.60. The van der Waals surface area contributed by atoms with Crippen LogP contribution in [0.3, 0.4) is 0 Å². The second-order valence-electron chi connectivity index (χ2n) is 3.65. The van der Waals surface area contributed by atoms with Crippen molar-refractivity contribution < 1.29 is 15.0 Å². The monoisotopic (exact) mass is 264 g/mol. The third-order valence-electron chi connectivity index (χ3n) is 1.20. The number of halogens is 1. The number of hydrogen-bond acceptors (Lipinski definition) is 3. The zero-order valence-corrected chi connectivity index (χ0v) is 9.67. The van der Waals surface area contributed by atoms with Crippen LogP contribution in [0, 0.1) is 6.85 Å². The lowest BCUT2D eigenvalue weighted by Crippen LogP contribution is -2.27. The smallest absolute Gasteiger partial charge is 0.420 e. The van der Waals surface area contributed by atoms with Crippen molar-refractivity contribution in [3.8, 4) is 0 Å². The highest BCUT2D eigenvalue weighted by atomic mass is 79.9. The molecule has 14 heavy (non-hydrogen) atoms. The molecular formula is C9H13BrN2O2. The average molecular weight is 265 g/mol. The molecule has 1 heterocycles. The summed E-state index contributed by atoms with van der Waals surface area (Å²) in [7, 11) is 0. The molecule has 0 aliphatic heterocycles. The van der Waals surface area contributed by atoms with E-state index in [4.69, 9.17) is 10.2 Å². The Morgan fingerprint density at radius 3 is 2.93 bits per heavy atom. The van der Waals surface area contributed by atoms with Crippen molar-refractivity contribution in [2.45, 2.75) is 33.2 Å². The summed E-state index contributed by atoms with van der Waals surface area (Å²) in [6, 6.07) is 0. The minimum absolute atomic E-state index is 0.0144. The molecule has 0 aliphatic carbocycles. The topological polar surface area (TPSA) is 44.1 Å². The maximum absolute atomic E-state index is 11.9. The predicted molar refractivity (Wildman–Crippen MR) is 56.3 cm³/mol. The second-order valence-corrected chi connectivity index (χ2v) is 4.40. The molecular weight excluding hydrogens is 248 g/mol. The Labute approximate surface area is 97.0 Å². The lowest BCUT2D eigenvalue weighted by atomic mass is 10.2. The molecule has 1 rings (SSSR count). The van der Waals surface area contributed by atoms with Gasteiger partial charge in [-0.1, -0.05) is 0 Å². The fourth-order valence-electron chi connectivity index (χ4n) is 0.753. The molecule has 1 aromatic rings. The van der Waals surface area contributed by atoms with Crippen LogP contribution in [0.15, 0.2) is 10.8 Å². The molecule has 0 radical (unpaired) electrons. The zero-order valence-electron chi connectivity index (χ0n) is 12.1. The maximum atomic E-state index is 11.9. The van der Waals surface area contributed by atoms with Gasteiger partial charge < -0.3 is 4.74 Å². The number of carbonyl (C=O) groups is 1. The number of rotatable bonds is 0. The first-order chi connectivity index (χ1) is 7.93. The van der Waals surface area contributed by atoms with E-state index in [0.717, 1.165) is 0 Å². The summed E-state index contributed by atoms with van der Waals surface area (Å²) < 4.78 is 35.2. The second kappa shape index (κ2) is 3.73. The molecule has 0 saturated heterocycles. The van der Waals surface area contributed by atoms with Gasteiger partial charge in [-0.2, -0.15) is 0 Å². The summed E-state index contributed by atoms with van der Waals surface area (Å²) in [4.78, 5) is 15.5. The van der Waals surface area contributed by atoms with Crippen LogP contribution >= 0.6 is 15.9 Å². The highest BCUT2D eigenvalue weighted by Crippen LogP contribution is 2.13. The van der Waals surface area contributed by atoms with E-state index in [0.29, 0.717) is 4.57 Å². The van der Waals surface area contributed by atoms with Gasteiger partial charge in [0.2, 0.25) is 0 Å². The van der Waals surface area contributed by atoms with Crippen LogP contribution in [0.5, 0.6) is 0 Å². The molecule has 0 aromatic carbocycles. The Kier molecular flexibility index (Phi) is 1.76. The van der Waals surface area contributed by atoms with Crippen LogP contribution in [-0.4, -0.2) is 21.2 Å². The van der Waals surface area contributed by atoms with Crippen LogP contribution in [0.2, 0.25) is 0 Å². The lowest BCUT2D eigenvalue weighted by molar-refractivity contribution is 0.0533. The molecule has 0 fully saturated rings. The normalized spacial score (nSPS) is 16.6. The van der Waals surface area contributed by atoms with Gasteiger partial charge in [0.05, 0.1) is 1.37 Å². The summed E-state index contributed by atoms with van der Waals surface area (Å²) >= 11 is 2.93. The number of nitrogens with zero attached hydrogens (tertiary/aromatic N) is 2. The Bertz CT molecular complexity index is 476. The van der Waals surface area contributed by atoms with Gasteiger partial charge in [0, 0.05) is 10.3 Å². The molecule has 0 spiro atoms. The quantitative estimate of drug-likeness (QED) is 0.724. The van der Waals surface area contributed by atoms with Gasteiger partial charge in [0.1, 0.15) is 16.0 Å². The molecule has 0 bridgehead atoms.